The second kappa shape index (κ2) is 8.19. The van der Waals surface area contributed by atoms with Crippen LogP contribution in [0.2, 0.25) is 0 Å². The lowest BCUT2D eigenvalue weighted by Gasteiger charge is -2.24. The fourth-order valence-corrected chi connectivity index (χ4v) is 1.88. The third kappa shape index (κ3) is 4.91. The Morgan fingerprint density at radius 2 is 1.95 bits per heavy atom. The lowest BCUT2D eigenvalue weighted by molar-refractivity contribution is -0.145. The topological polar surface area (TPSA) is 58.6 Å². The number of esters is 1. The summed E-state index contributed by atoms with van der Waals surface area (Å²) in [7, 11) is 1.35. The van der Waals surface area contributed by atoms with Crippen LogP contribution in [0.3, 0.4) is 0 Å². The summed E-state index contributed by atoms with van der Waals surface area (Å²) in [6.07, 6.45) is 0.829. The Morgan fingerprint density at radius 1 is 1.30 bits per heavy atom. The van der Waals surface area contributed by atoms with Crippen LogP contribution in [0.5, 0.6) is 0 Å². The Hall–Kier alpha value is -2.04. The number of hydrogen-bond acceptors (Lipinski definition) is 3. The number of methoxy groups -OCH3 is 1. The van der Waals surface area contributed by atoms with Gasteiger partial charge in [0.25, 0.3) is 0 Å². The van der Waals surface area contributed by atoms with Crippen molar-refractivity contribution in [2.45, 2.75) is 20.3 Å². The van der Waals surface area contributed by atoms with E-state index in [2.05, 4.69) is 5.32 Å². The van der Waals surface area contributed by atoms with Gasteiger partial charge in [0, 0.05) is 18.8 Å². The Labute approximate surface area is 119 Å². The average Bonchev–Trinajstić information content (AvgIpc) is 2.46. The first-order chi connectivity index (χ1) is 9.58. The Balaban J connectivity index is 2.65. The van der Waals surface area contributed by atoms with E-state index in [-0.39, 0.29) is 17.9 Å². The molecular formula is C15H22N2O3. The molecule has 0 aliphatic carbocycles. The molecule has 0 fully saturated rings. The number of nitrogens with zero attached hydrogens (tertiary/aromatic N) is 1. The number of nitrogens with one attached hydrogen (secondary N) is 1. The van der Waals surface area contributed by atoms with Crippen LogP contribution in [-0.4, -0.2) is 37.1 Å². The monoisotopic (exact) mass is 278 g/mol. The van der Waals surface area contributed by atoms with Crippen molar-refractivity contribution in [3.63, 3.8) is 0 Å². The van der Waals surface area contributed by atoms with Gasteiger partial charge in [-0.3, -0.25) is 4.79 Å². The van der Waals surface area contributed by atoms with E-state index in [9.17, 15) is 9.59 Å². The number of amides is 2. The highest BCUT2D eigenvalue weighted by Gasteiger charge is 2.20. The highest BCUT2D eigenvalue weighted by atomic mass is 16.5. The maximum Gasteiger partial charge on any atom is 0.321 e. The second-order valence-electron chi connectivity index (χ2n) is 4.67. The van der Waals surface area contributed by atoms with Crippen LogP contribution < -0.4 is 5.32 Å². The van der Waals surface area contributed by atoms with Crippen molar-refractivity contribution in [3.8, 4) is 0 Å². The maximum absolute atomic E-state index is 12.2. The van der Waals surface area contributed by atoms with Crippen molar-refractivity contribution < 1.29 is 14.3 Å². The van der Waals surface area contributed by atoms with Crippen LogP contribution in [0.25, 0.3) is 0 Å². The molecular weight excluding hydrogens is 256 g/mol. The number of rotatable bonds is 6. The van der Waals surface area contributed by atoms with E-state index in [1.807, 2.05) is 37.3 Å². The van der Waals surface area contributed by atoms with E-state index in [0.717, 1.165) is 12.1 Å². The summed E-state index contributed by atoms with van der Waals surface area (Å²) in [4.78, 5) is 25.3. The van der Waals surface area contributed by atoms with Gasteiger partial charge < -0.3 is 15.0 Å². The molecule has 0 aliphatic rings. The summed E-state index contributed by atoms with van der Waals surface area (Å²) in [5, 5.41) is 2.82. The molecule has 0 heterocycles. The first kappa shape index (κ1) is 16.0. The summed E-state index contributed by atoms with van der Waals surface area (Å²) in [6, 6.07) is 9.05. The molecule has 5 nitrogen and oxygen atoms in total. The number of urea groups is 1. The molecule has 2 amide bonds. The van der Waals surface area contributed by atoms with Crippen LogP contribution >= 0.6 is 0 Å². The Kier molecular flexibility index (Phi) is 6.56. The molecule has 1 atom stereocenters. The number of carbonyl (C=O) groups excluding carboxylic acids is 2. The van der Waals surface area contributed by atoms with Crippen molar-refractivity contribution in [1.29, 1.82) is 0 Å². The van der Waals surface area contributed by atoms with Crippen LogP contribution in [0.4, 0.5) is 10.5 Å². The van der Waals surface area contributed by atoms with E-state index >= 15 is 0 Å². The third-order valence-corrected chi connectivity index (χ3v) is 2.90. The highest BCUT2D eigenvalue weighted by molar-refractivity contribution is 5.89. The molecule has 0 saturated heterocycles. The molecule has 1 N–H and O–H groups in total. The average molecular weight is 278 g/mol. The van der Waals surface area contributed by atoms with Crippen molar-refractivity contribution in [2.24, 2.45) is 5.92 Å². The molecule has 0 radical (unpaired) electrons. The summed E-state index contributed by atoms with van der Waals surface area (Å²) in [6.45, 7) is 4.69. The normalized spacial score (nSPS) is 11.6. The Bertz CT molecular complexity index is 434. The standard InChI is InChI=1S/C15H22N2O3/c1-4-10-17(11-12(2)14(18)20-3)15(19)16-13-8-6-5-7-9-13/h5-9,12H,4,10-11H2,1-3H3,(H,16,19). The van der Waals surface area contributed by atoms with Crippen molar-refractivity contribution in [1.82, 2.24) is 4.90 Å². The van der Waals surface area contributed by atoms with Crippen LogP contribution in [0.15, 0.2) is 30.3 Å². The number of ether oxygens (including phenoxy) is 1. The number of anilines is 1. The second-order valence-corrected chi connectivity index (χ2v) is 4.67. The molecule has 0 saturated carbocycles. The molecule has 0 aromatic heterocycles. The maximum atomic E-state index is 12.2. The Morgan fingerprint density at radius 3 is 2.50 bits per heavy atom. The molecule has 1 aromatic carbocycles. The van der Waals surface area contributed by atoms with Gasteiger partial charge in [0.05, 0.1) is 13.0 Å². The summed E-state index contributed by atoms with van der Waals surface area (Å²) >= 11 is 0. The lowest BCUT2D eigenvalue weighted by Crippen LogP contribution is -2.40. The summed E-state index contributed by atoms with van der Waals surface area (Å²) in [5.41, 5.74) is 0.740. The van der Waals surface area contributed by atoms with Crippen LogP contribution in [0, 0.1) is 5.92 Å². The number of hydrogen-bond donors (Lipinski definition) is 1. The van der Waals surface area contributed by atoms with Gasteiger partial charge in [-0.2, -0.15) is 0 Å². The van der Waals surface area contributed by atoms with Crippen molar-refractivity contribution in [2.75, 3.05) is 25.5 Å². The summed E-state index contributed by atoms with van der Waals surface area (Å²) < 4.78 is 4.69. The predicted molar refractivity (Wildman–Crippen MR) is 78.5 cm³/mol. The first-order valence-electron chi connectivity index (χ1n) is 6.77. The molecule has 1 aromatic rings. The minimum atomic E-state index is -0.340. The summed E-state index contributed by atoms with van der Waals surface area (Å²) in [5.74, 6) is -0.647. The van der Waals surface area contributed by atoms with E-state index in [4.69, 9.17) is 4.74 Å². The smallest absolute Gasteiger partial charge is 0.321 e. The highest BCUT2D eigenvalue weighted by Crippen LogP contribution is 2.09. The van der Waals surface area contributed by atoms with Gasteiger partial charge in [-0.05, 0) is 18.6 Å². The molecule has 0 bridgehead atoms. The van der Waals surface area contributed by atoms with Gasteiger partial charge in [0.1, 0.15) is 0 Å². The van der Waals surface area contributed by atoms with Crippen molar-refractivity contribution >= 4 is 17.7 Å². The third-order valence-electron chi connectivity index (χ3n) is 2.90. The molecule has 0 aliphatic heterocycles. The molecule has 1 unspecified atom stereocenters. The van der Waals surface area contributed by atoms with Gasteiger partial charge >= 0.3 is 12.0 Å². The van der Waals surface area contributed by atoms with Crippen LogP contribution in [-0.2, 0) is 9.53 Å². The van der Waals surface area contributed by atoms with Crippen LogP contribution in [0.1, 0.15) is 20.3 Å². The zero-order chi connectivity index (χ0) is 15.0. The molecule has 20 heavy (non-hydrogen) atoms. The fourth-order valence-electron chi connectivity index (χ4n) is 1.88. The van der Waals surface area contributed by atoms with E-state index in [1.54, 1.807) is 11.8 Å². The van der Waals surface area contributed by atoms with Gasteiger partial charge in [0.15, 0.2) is 0 Å². The largest absolute Gasteiger partial charge is 0.469 e. The molecule has 110 valence electrons. The predicted octanol–water partition coefficient (Wildman–Crippen LogP) is 2.74. The van der Waals surface area contributed by atoms with Gasteiger partial charge in [-0.25, -0.2) is 4.79 Å². The first-order valence-corrected chi connectivity index (χ1v) is 6.77. The fraction of sp³-hybridized carbons (Fsp3) is 0.467. The molecule has 0 spiro atoms. The minimum absolute atomic E-state index is 0.200. The zero-order valence-electron chi connectivity index (χ0n) is 12.3. The lowest BCUT2D eigenvalue weighted by atomic mass is 10.1. The van der Waals surface area contributed by atoms with E-state index in [0.29, 0.717) is 13.1 Å². The molecule has 1 rings (SSSR count). The van der Waals surface area contributed by atoms with Gasteiger partial charge in [-0.1, -0.05) is 32.0 Å². The van der Waals surface area contributed by atoms with E-state index < -0.39 is 0 Å². The van der Waals surface area contributed by atoms with Gasteiger partial charge in [0.2, 0.25) is 0 Å². The SMILES string of the molecule is CCCN(CC(C)C(=O)OC)C(=O)Nc1ccccc1. The molecule has 5 heteroatoms. The number of benzene rings is 1. The quantitative estimate of drug-likeness (QED) is 0.814. The number of para-hydroxylation sites is 1. The number of carbonyl (C=O) groups is 2. The van der Waals surface area contributed by atoms with Gasteiger partial charge in [-0.15, -0.1) is 0 Å². The zero-order valence-corrected chi connectivity index (χ0v) is 12.3. The van der Waals surface area contributed by atoms with E-state index in [1.165, 1.54) is 7.11 Å². The minimum Gasteiger partial charge on any atom is -0.469 e. The van der Waals surface area contributed by atoms with Crippen molar-refractivity contribution in [3.05, 3.63) is 30.3 Å².